The van der Waals surface area contributed by atoms with Gasteiger partial charge in [0.25, 0.3) is 0 Å². The fourth-order valence-corrected chi connectivity index (χ4v) is 4.15. The van der Waals surface area contributed by atoms with E-state index >= 15 is 0 Å². The summed E-state index contributed by atoms with van der Waals surface area (Å²) < 4.78 is 26.8. The van der Waals surface area contributed by atoms with Crippen LogP contribution in [0.25, 0.3) is 0 Å². The zero-order valence-corrected chi connectivity index (χ0v) is 19.9. The molecule has 0 saturated carbocycles. The summed E-state index contributed by atoms with van der Waals surface area (Å²) in [7, 11) is -1.81. The molecule has 1 aliphatic heterocycles. The average Bonchev–Trinajstić information content (AvgIpc) is 2.68. The maximum Gasteiger partial charge on any atom is 0.242 e. The Balaban J connectivity index is 0.00000392. The van der Waals surface area contributed by atoms with Crippen LogP contribution in [-0.2, 0) is 10.0 Å². The van der Waals surface area contributed by atoms with Gasteiger partial charge in [-0.25, -0.2) is 13.1 Å². The van der Waals surface area contributed by atoms with E-state index in [4.69, 9.17) is 0 Å². The number of pyridine rings is 1. The smallest absolute Gasteiger partial charge is 0.242 e. The van der Waals surface area contributed by atoms with Gasteiger partial charge in [0.05, 0.1) is 0 Å². The molecule has 0 aromatic carbocycles. The van der Waals surface area contributed by atoms with E-state index in [9.17, 15) is 8.42 Å². The highest BCUT2D eigenvalue weighted by Crippen LogP contribution is 2.15. The lowest BCUT2D eigenvalue weighted by Gasteiger charge is -2.33. The number of hydrogen-bond acceptors (Lipinski definition) is 5. The summed E-state index contributed by atoms with van der Waals surface area (Å²) in [4.78, 5) is 10.7. The fourth-order valence-electron chi connectivity index (χ4n) is 3.16. The molecule has 1 aromatic heterocycles. The number of aromatic nitrogens is 1. The minimum atomic E-state index is -3.52. The number of nitrogens with one attached hydrogen (secondary N) is 3. The average molecular weight is 524 g/mol. The standard InChI is InChI=1S/C18H32N6O2S.HI/c1-16-7-3-4-13-24(16)14-6-10-21-18(19-2)22-11-12-23-27(25,26)17-8-5-9-20-15-17;/h5,8-9,15-16,23H,3-4,6-7,10-14H2,1-2H3,(H2,19,21,22);1H. The minimum absolute atomic E-state index is 0. The maximum atomic E-state index is 12.1. The number of rotatable bonds is 9. The number of sulfonamides is 1. The molecule has 160 valence electrons. The lowest BCUT2D eigenvalue weighted by Crippen LogP contribution is -2.43. The number of likely N-dealkylation sites (tertiary alicyclic amines) is 1. The Hall–Kier alpha value is -0.980. The molecule has 8 nitrogen and oxygen atoms in total. The third kappa shape index (κ3) is 8.58. The summed E-state index contributed by atoms with van der Waals surface area (Å²) in [6, 6.07) is 3.80. The molecule has 3 N–H and O–H groups in total. The molecule has 1 aromatic rings. The van der Waals surface area contributed by atoms with Gasteiger partial charge in [-0.05, 0) is 44.9 Å². The summed E-state index contributed by atoms with van der Waals surface area (Å²) in [5.74, 6) is 0.683. The first kappa shape index (κ1) is 25.1. The minimum Gasteiger partial charge on any atom is -0.356 e. The number of aliphatic imine (C=N–C) groups is 1. The van der Waals surface area contributed by atoms with Crippen LogP contribution in [0.4, 0.5) is 0 Å². The zero-order chi connectivity index (χ0) is 19.5. The Bertz CT molecular complexity index is 687. The van der Waals surface area contributed by atoms with Gasteiger partial charge in [-0.15, -0.1) is 24.0 Å². The van der Waals surface area contributed by atoms with E-state index in [-0.39, 0.29) is 35.4 Å². The van der Waals surface area contributed by atoms with Crippen LogP contribution in [0.1, 0.15) is 32.6 Å². The molecule has 1 aliphatic rings. The lowest BCUT2D eigenvalue weighted by molar-refractivity contribution is 0.159. The lowest BCUT2D eigenvalue weighted by atomic mass is 10.0. The van der Waals surface area contributed by atoms with Gasteiger partial charge in [-0.1, -0.05) is 6.42 Å². The predicted octanol–water partition coefficient (Wildman–Crippen LogP) is 1.41. The number of halogens is 1. The molecule has 1 fully saturated rings. The SMILES string of the molecule is CN=C(NCCCN1CCCCC1C)NCCNS(=O)(=O)c1cccnc1.I. The second-order valence-electron chi connectivity index (χ2n) is 6.75. The molecule has 2 rings (SSSR count). The van der Waals surface area contributed by atoms with Crippen LogP contribution < -0.4 is 15.4 Å². The number of hydrogen-bond donors (Lipinski definition) is 3. The van der Waals surface area contributed by atoms with Crippen LogP contribution in [0.3, 0.4) is 0 Å². The van der Waals surface area contributed by atoms with Crippen molar-refractivity contribution in [2.24, 2.45) is 4.99 Å². The first-order chi connectivity index (χ1) is 13.0. The van der Waals surface area contributed by atoms with Crippen LogP contribution in [0.2, 0.25) is 0 Å². The third-order valence-corrected chi connectivity index (χ3v) is 6.18. The van der Waals surface area contributed by atoms with Crippen LogP contribution in [-0.4, -0.2) is 70.1 Å². The normalized spacial score (nSPS) is 18.4. The maximum absolute atomic E-state index is 12.1. The van der Waals surface area contributed by atoms with Crippen LogP contribution in [0.5, 0.6) is 0 Å². The van der Waals surface area contributed by atoms with Crippen molar-refractivity contribution in [3.05, 3.63) is 24.5 Å². The van der Waals surface area contributed by atoms with Gasteiger partial charge in [0, 0.05) is 51.7 Å². The highest BCUT2D eigenvalue weighted by molar-refractivity contribution is 14.0. The Labute approximate surface area is 186 Å². The Morgan fingerprint density at radius 1 is 1.29 bits per heavy atom. The van der Waals surface area contributed by atoms with E-state index < -0.39 is 10.0 Å². The van der Waals surface area contributed by atoms with Gasteiger partial charge >= 0.3 is 0 Å². The van der Waals surface area contributed by atoms with E-state index in [0.717, 1.165) is 19.5 Å². The Kier molecular flexibility index (Phi) is 11.9. The van der Waals surface area contributed by atoms with Crippen LogP contribution in [0.15, 0.2) is 34.4 Å². The molecule has 1 unspecified atom stereocenters. The number of piperidine rings is 1. The van der Waals surface area contributed by atoms with Crippen molar-refractivity contribution in [3.8, 4) is 0 Å². The number of nitrogens with zero attached hydrogens (tertiary/aromatic N) is 3. The van der Waals surface area contributed by atoms with Gasteiger partial charge in [-0.3, -0.25) is 9.98 Å². The molecule has 28 heavy (non-hydrogen) atoms. The van der Waals surface area contributed by atoms with Crippen molar-refractivity contribution in [2.75, 3.05) is 39.8 Å². The van der Waals surface area contributed by atoms with Gasteiger partial charge in [0.1, 0.15) is 4.90 Å². The molecular weight excluding hydrogens is 491 g/mol. The summed E-state index contributed by atoms with van der Waals surface area (Å²) >= 11 is 0. The van der Waals surface area contributed by atoms with Crippen molar-refractivity contribution in [2.45, 2.75) is 43.5 Å². The van der Waals surface area contributed by atoms with Gasteiger partial charge < -0.3 is 15.5 Å². The third-order valence-electron chi connectivity index (χ3n) is 4.73. The van der Waals surface area contributed by atoms with E-state index in [1.54, 1.807) is 19.3 Å². The topological polar surface area (TPSA) is 98.7 Å². The van der Waals surface area contributed by atoms with E-state index in [2.05, 4.69) is 37.2 Å². The largest absolute Gasteiger partial charge is 0.356 e. The van der Waals surface area contributed by atoms with Crippen LogP contribution in [0, 0.1) is 0 Å². The van der Waals surface area contributed by atoms with Gasteiger partial charge in [0.2, 0.25) is 10.0 Å². The highest BCUT2D eigenvalue weighted by Gasteiger charge is 2.17. The molecular formula is C18H33IN6O2S. The molecule has 10 heteroatoms. The first-order valence-electron chi connectivity index (χ1n) is 9.61. The summed E-state index contributed by atoms with van der Waals surface area (Å²) in [5, 5.41) is 6.40. The fraction of sp³-hybridized carbons (Fsp3) is 0.667. The Morgan fingerprint density at radius 2 is 2.07 bits per heavy atom. The molecule has 1 atom stereocenters. The van der Waals surface area contributed by atoms with Crippen molar-refractivity contribution in [1.29, 1.82) is 0 Å². The molecule has 0 bridgehead atoms. The van der Waals surface area contributed by atoms with Crippen molar-refractivity contribution < 1.29 is 8.42 Å². The molecule has 0 amide bonds. The summed E-state index contributed by atoms with van der Waals surface area (Å²) in [5.41, 5.74) is 0. The number of guanidine groups is 1. The molecule has 1 saturated heterocycles. The second kappa shape index (κ2) is 13.3. The molecule has 0 spiro atoms. The van der Waals surface area contributed by atoms with E-state index in [1.807, 2.05) is 0 Å². The zero-order valence-electron chi connectivity index (χ0n) is 16.7. The van der Waals surface area contributed by atoms with Crippen molar-refractivity contribution in [3.63, 3.8) is 0 Å². The van der Waals surface area contributed by atoms with Crippen LogP contribution >= 0.6 is 24.0 Å². The predicted molar refractivity (Wildman–Crippen MR) is 124 cm³/mol. The monoisotopic (exact) mass is 524 g/mol. The van der Waals surface area contributed by atoms with Gasteiger partial charge in [0.15, 0.2) is 5.96 Å². The first-order valence-corrected chi connectivity index (χ1v) is 11.1. The van der Waals surface area contributed by atoms with Crippen molar-refractivity contribution in [1.82, 2.24) is 25.2 Å². The van der Waals surface area contributed by atoms with Crippen molar-refractivity contribution >= 4 is 40.0 Å². The quantitative estimate of drug-likeness (QED) is 0.196. The highest BCUT2D eigenvalue weighted by atomic mass is 127. The van der Waals surface area contributed by atoms with E-state index in [1.165, 1.54) is 38.1 Å². The summed E-state index contributed by atoms with van der Waals surface area (Å²) in [6.45, 7) is 6.15. The second-order valence-corrected chi connectivity index (χ2v) is 8.51. The molecule has 0 radical (unpaired) electrons. The molecule has 2 heterocycles. The van der Waals surface area contributed by atoms with Gasteiger partial charge in [-0.2, -0.15) is 0 Å². The molecule has 0 aliphatic carbocycles. The Morgan fingerprint density at radius 3 is 2.75 bits per heavy atom. The summed E-state index contributed by atoms with van der Waals surface area (Å²) in [6.07, 6.45) is 7.87. The van der Waals surface area contributed by atoms with E-state index in [0.29, 0.717) is 18.5 Å².